The van der Waals surface area contributed by atoms with Crippen molar-refractivity contribution >= 4 is 39.5 Å². The molecule has 0 bridgehead atoms. The van der Waals surface area contributed by atoms with Gasteiger partial charge in [-0.3, -0.25) is 37.3 Å². The van der Waals surface area contributed by atoms with Crippen LogP contribution < -0.4 is 0 Å². The summed E-state index contributed by atoms with van der Waals surface area (Å²) >= 11 is 0. The number of hydrogen-bond donors (Lipinski definition) is 3. The van der Waals surface area contributed by atoms with Gasteiger partial charge in [-0.25, -0.2) is 9.13 Å². The fraction of sp³-hybridized carbons (Fsp3) is 0.947. The Labute approximate surface area is 575 Å². The molecule has 6 atom stereocenters. The van der Waals surface area contributed by atoms with Gasteiger partial charge >= 0.3 is 39.5 Å². The Morgan fingerprint density at radius 3 is 0.809 bits per heavy atom. The van der Waals surface area contributed by atoms with Crippen LogP contribution in [0.15, 0.2) is 0 Å². The molecule has 0 saturated heterocycles. The zero-order chi connectivity index (χ0) is 69.3. The Morgan fingerprint density at radius 2 is 0.543 bits per heavy atom. The Hall–Kier alpha value is -1.94. The summed E-state index contributed by atoms with van der Waals surface area (Å²) in [6.45, 7) is 9.53. The number of phosphoric acid groups is 2. The minimum Gasteiger partial charge on any atom is -0.462 e. The SMILES string of the molecule is CCCCCCCCCCCCCCCCCCCCCCCCC(=O)O[C@H](COC(=O)CCCCCCCCCCCCC(C)C)COP(=O)(O)OC[C@@H](O)COP(=O)(O)OC[C@@H](COC(=O)CCCCCCCCC)OC(=O)CCCCCCCCCCC(C)CC. The standard InChI is InChI=1S/C75H146O17P2/c1-7-10-12-14-16-17-18-19-20-21-22-23-24-25-26-27-28-29-34-41-47-53-59-74(79)91-71(64-86-73(78)58-52-46-40-33-31-30-32-38-43-49-55-67(4)5)66-90-94(83,84)88-62-69(76)61-87-93(81,82)89-65-70(63-85-72(77)57-51-45-37-15-13-11-8-2)92-75(80)60-54-48-42-36-35-39-44-50-56-68(6)9-3/h67-71,76H,7-66H2,1-6H3,(H,81,82)(H,83,84)/t68?,69-,70+,71+/m0/s1. The molecule has 0 aromatic carbocycles. The average molecular weight is 1380 g/mol. The molecule has 0 aliphatic heterocycles. The third-order valence-electron chi connectivity index (χ3n) is 17.8. The van der Waals surface area contributed by atoms with Gasteiger partial charge in [0.25, 0.3) is 0 Å². The molecule has 17 nitrogen and oxygen atoms in total. The first kappa shape index (κ1) is 92.1. The molecule has 0 aromatic heterocycles. The maximum atomic E-state index is 13.1. The van der Waals surface area contributed by atoms with Gasteiger partial charge in [-0.1, -0.05) is 337 Å². The van der Waals surface area contributed by atoms with Crippen LogP contribution >= 0.6 is 15.6 Å². The fourth-order valence-corrected chi connectivity index (χ4v) is 13.0. The van der Waals surface area contributed by atoms with Gasteiger partial charge in [0.2, 0.25) is 0 Å². The first-order chi connectivity index (χ1) is 45.4. The normalized spacial score (nSPS) is 14.3. The summed E-state index contributed by atoms with van der Waals surface area (Å²) in [5.74, 6) is -0.597. The van der Waals surface area contributed by atoms with Crippen LogP contribution in [-0.2, 0) is 65.4 Å². The molecule has 0 rings (SSSR count). The summed E-state index contributed by atoms with van der Waals surface area (Å²) < 4.78 is 68.3. The second-order valence-electron chi connectivity index (χ2n) is 27.8. The number of aliphatic hydroxyl groups is 1. The summed E-state index contributed by atoms with van der Waals surface area (Å²) in [6.07, 6.45) is 54.4. The monoisotopic (exact) mass is 1380 g/mol. The van der Waals surface area contributed by atoms with Gasteiger partial charge in [0.15, 0.2) is 12.2 Å². The molecule has 0 radical (unpaired) electrons. The topological polar surface area (TPSA) is 237 Å². The van der Waals surface area contributed by atoms with Crippen LogP contribution in [0.1, 0.15) is 388 Å². The maximum absolute atomic E-state index is 13.1. The second kappa shape index (κ2) is 66.9. The Balaban J connectivity index is 5.15. The van der Waals surface area contributed by atoms with E-state index in [9.17, 15) is 43.2 Å². The number of carbonyl (C=O) groups excluding carboxylic acids is 4. The predicted molar refractivity (Wildman–Crippen MR) is 381 cm³/mol. The molecule has 0 aliphatic rings. The summed E-state index contributed by atoms with van der Waals surface area (Å²) in [5.41, 5.74) is 0. The minimum absolute atomic E-state index is 0.105. The van der Waals surface area contributed by atoms with Crippen molar-refractivity contribution in [3.63, 3.8) is 0 Å². The number of rotatable bonds is 74. The summed E-state index contributed by atoms with van der Waals surface area (Å²) in [7, 11) is -9.90. The van der Waals surface area contributed by atoms with E-state index in [1.54, 1.807) is 0 Å². The first-order valence-electron chi connectivity index (χ1n) is 39.0. The number of unbranched alkanes of at least 4 members (excludes halogenated alkanes) is 43. The van der Waals surface area contributed by atoms with Gasteiger partial charge < -0.3 is 33.8 Å². The molecule has 0 spiro atoms. The zero-order valence-electron chi connectivity index (χ0n) is 61.3. The van der Waals surface area contributed by atoms with E-state index in [2.05, 4.69) is 41.5 Å². The van der Waals surface area contributed by atoms with E-state index in [0.717, 1.165) is 115 Å². The van der Waals surface area contributed by atoms with Crippen LogP contribution in [0.2, 0.25) is 0 Å². The number of esters is 4. The maximum Gasteiger partial charge on any atom is 0.472 e. The van der Waals surface area contributed by atoms with Crippen LogP contribution in [0.4, 0.5) is 0 Å². The van der Waals surface area contributed by atoms with Gasteiger partial charge in [0.1, 0.15) is 19.3 Å². The molecule has 0 fully saturated rings. The quantitative estimate of drug-likeness (QED) is 0.0222. The van der Waals surface area contributed by atoms with E-state index in [4.69, 9.17) is 37.0 Å². The largest absolute Gasteiger partial charge is 0.472 e. The summed E-state index contributed by atoms with van der Waals surface area (Å²) in [6, 6.07) is 0. The first-order valence-corrected chi connectivity index (χ1v) is 42.0. The lowest BCUT2D eigenvalue weighted by Crippen LogP contribution is -2.30. The van der Waals surface area contributed by atoms with Gasteiger partial charge in [-0.2, -0.15) is 0 Å². The molecule has 558 valence electrons. The van der Waals surface area contributed by atoms with E-state index in [1.165, 1.54) is 193 Å². The van der Waals surface area contributed by atoms with Crippen molar-refractivity contribution in [1.82, 2.24) is 0 Å². The van der Waals surface area contributed by atoms with Crippen molar-refractivity contribution in [2.45, 2.75) is 407 Å². The molecule has 3 unspecified atom stereocenters. The molecule has 0 aliphatic carbocycles. The zero-order valence-corrected chi connectivity index (χ0v) is 63.1. The number of carbonyl (C=O) groups is 4. The number of hydrogen-bond acceptors (Lipinski definition) is 15. The predicted octanol–water partition coefficient (Wildman–Crippen LogP) is 21.9. The van der Waals surface area contributed by atoms with Crippen molar-refractivity contribution in [2.75, 3.05) is 39.6 Å². The van der Waals surface area contributed by atoms with Crippen molar-refractivity contribution < 1.29 is 80.2 Å². The van der Waals surface area contributed by atoms with Gasteiger partial charge in [0, 0.05) is 25.7 Å². The molecule has 19 heteroatoms. The lowest BCUT2D eigenvalue weighted by Gasteiger charge is -2.21. The fourth-order valence-electron chi connectivity index (χ4n) is 11.4. The summed E-state index contributed by atoms with van der Waals surface area (Å²) in [4.78, 5) is 72.6. The summed E-state index contributed by atoms with van der Waals surface area (Å²) in [5, 5.41) is 10.6. The van der Waals surface area contributed by atoms with E-state index in [-0.39, 0.29) is 25.7 Å². The lowest BCUT2D eigenvalue weighted by molar-refractivity contribution is -0.161. The van der Waals surface area contributed by atoms with E-state index in [0.29, 0.717) is 25.7 Å². The molecule has 0 amide bonds. The highest BCUT2D eigenvalue weighted by molar-refractivity contribution is 7.47. The second-order valence-corrected chi connectivity index (χ2v) is 30.7. The highest BCUT2D eigenvalue weighted by atomic mass is 31.2. The van der Waals surface area contributed by atoms with Crippen molar-refractivity contribution in [3.05, 3.63) is 0 Å². The van der Waals surface area contributed by atoms with Crippen LogP contribution in [0.5, 0.6) is 0 Å². The van der Waals surface area contributed by atoms with E-state index in [1.807, 2.05) is 0 Å². The molecule has 0 heterocycles. The third-order valence-corrected chi connectivity index (χ3v) is 19.7. The van der Waals surface area contributed by atoms with Crippen LogP contribution in [0.3, 0.4) is 0 Å². The Morgan fingerprint density at radius 1 is 0.309 bits per heavy atom. The number of phosphoric ester groups is 2. The van der Waals surface area contributed by atoms with Crippen LogP contribution in [-0.4, -0.2) is 96.7 Å². The van der Waals surface area contributed by atoms with E-state index >= 15 is 0 Å². The molecule has 3 N–H and O–H groups in total. The van der Waals surface area contributed by atoms with Crippen molar-refractivity contribution in [1.29, 1.82) is 0 Å². The van der Waals surface area contributed by atoms with Crippen LogP contribution in [0.25, 0.3) is 0 Å². The van der Waals surface area contributed by atoms with E-state index < -0.39 is 97.5 Å². The Bertz CT molecular complexity index is 1820. The third kappa shape index (κ3) is 67.3. The van der Waals surface area contributed by atoms with Gasteiger partial charge in [0.05, 0.1) is 26.4 Å². The highest BCUT2D eigenvalue weighted by Crippen LogP contribution is 2.45. The number of aliphatic hydroxyl groups excluding tert-OH is 1. The van der Waals surface area contributed by atoms with Crippen molar-refractivity contribution in [2.24, 2.45) is 11.8 Å². The average Bonchev–Trinajstić information content (AvgIpc) is 1.88. The van der Waals surface area contributed by atoms with Crippen LogP contribution in [0, 0.1) is 11.8 Å². The molecular formula is C75H146O17P2. The lowest BCUT2D eigenvalue weighted by atomic mass is 9.99. The molecular weight excluding hydrogens is 1230 g/mol. The van der Waals surface area contributed by atoms with Gasteiger partial charge in [-0.05, 0) is 37.5 Å². The highest BCUT2D eigenvalue weighted by Gasteiger charge is 2.30. The minimum atomic E-state index is -4.96. The number of ether oxygens (including phenoxy) is 4. The smallest absolute Gasteiger partial charge is 0.462 e. The van der Waals surface area contributed by atoms with Crippen molar-refractivity contribution in [3.8, 4) is 0 Å². The molecule has 0 saturated carbocycles. The molecule has 0 aromatic rings. The van der Waals surface area contributed by atoms with Gasteiger partial charge in [-0.15, -0.1) is 0 Å². The molecule has 94 heavy (non-hydrogen) atoms. The Kier molecular flexibility index (Phi) is 65.5.